The lowest BCUT2D eigenvalue weighted by Crippen LogP contribution is -2.06. The van der Waals surface area contributed by atoms with Crippen LogP contribution in [-0.4, -0.2) is 16.6 Å². The van der Waals surface area contributed by atoms with Crippen molar-refractivity contribution in [2.45, 2.75) is 27.3 Å². The van der Waals surface area contributed by atoms with E-state index < -0.39 is 0 Å². The van der Waals surface area contributed by atoms with Crippen molar-refractivity contribution in [2.75, 3.05) is 11.9 Å². The first-order valence-electron chi connectivity index (χ1n) is 5.93. The highest BCUT2D eigenvalue weighted by Gasteiger charge is 2.08. The SMILES string of the molecule is CCOc1ncnc(NCc2sccc2C)c1C. The van der Waals surface area contributed by atoms with Crippen molar-refractivity contribution < 1.29 is 4.74 Å². The molecule has 0 atom stereocenters. The molecule has 0 spiro atoms. The van der Waals surface area contributed by atoms with E-state index in [1.165, 1.54) is 16.8 Å². The molecule has 96 valence electrons. The molecule has 18 heavy (non-hydrogen) atoms. The topological polar surface area (TPSA) is 47.0 Å². The van der Waals surface area contributed by atoms with Gasteiger partial charge in [-0.25, -0.2) is 9.97 Å². The highest BCUT2D eigenvalue weighted by Crippen LogP contribution is 2.22. The minimum atomic E-state index is 0.612. The maximum atomic E-state index is 5.45. The fourth-order valence-corrected chi connectivity index (χ4v) is 2.49. The molecule has 0 aliphatic heterocycles. The highest BCUT2D eigenvalue weighted by molar-refractivity contribution is 7.10. The van der Waals surface area contributed by atoms with Crippen molar-refractivity contribution >= 4 is 17.2 Å². The highest BCUT2D eigenvalue weighted by atomic mass is 32.1. The molecule has 0 aliphatic carbocycles. The van der Waals surface area contributed by atoms with Crippen LogP contribution < -0.4 is 10.1 Å². The normalized spacial score (nSPS) is 10.4. The molecule has 0 aliphatic rings. The Morgan fingerprint density at radius 1 is 1.33 bits per heavy atom. The Hall–Kier alpha value is -1.62. The van der Waals surface area contributed by atoms with Gasteiger partial charge in [-0.15, -0.1) is 11.3 Å². The molecule has 0 aromatic carbocycles. The zero-order chi connectivity index (χ0) is 13.0. The Kier molecular flexibility index (Phi) is 4.15. The first-order chi connectivity index (χ1) is 8.72. The third-order valence-electron chi connectivity index (χ3n) is 2.70. The Morgan fingerprint density at radius 2 is 2.17 bits per heavy atom. The quantitative estimate of drug-likeness (QED) is 0.900. The van der Waals surface area contributed by atoms with Crippen molar-refractivity contribution in [1.29, 1.82) is 0 Å². The molecule has 2 aromatic heterocycles. The summed E-state index contributed by atoms with van der Waals surface area (Å²) in [5.41, 5.74) is 2.26. The second-order valence-corrected chi connectivity index (χ2v) is 4.97. The summed E-state index contributed by atoms with van der Waals surface area (Å²) >= 11 is 1.75. The maximum absolute atomic E-state index is 5.45. The number of aromatic nitrogens is 2. The average molecular weight is 263 g/mol. The van der Waals surface area contributed by atoms with E-state index in [4.69, 9.17) is 4.74 Å². The first kappa shape index (κ1) is 12.8. The number of nitrogens with one attached hydrogen (secondary N) is 1. The minimum absolute atomic E-state index is 0.612. The van der Waals surface area contributed by atoms with E-state index in [0.717, 1.165) is 17.9 Å². The molecule has 0 saturated heterocycles. The molecule has 0 saturated carbocycles. The fourth-order valence-electron chi connectivity index (χ4n) is 1.64. The van der Waals surface area contributed by atoms with Gasteiger partial charge in [0, 0.05) is 4.88 Å². The molecule has 0 unspecified atom stereocenters. The van der Waals surface area contributed by atoms with E-state index >= 15 is 0 Å². The number of hydrogen-bond donors (Lipinski definition) is 1. The van der Waals surface area contributed by atoms with Gasteiger partial charge in [0.2, 0.25) is 5.88 Å². The average Bonchev–Trinajstić information content (AvgIpc) is 2.76. The van der Waals surface area contributed by atoms with E-state index in [2.05, 4.69) is 33.7 Å². The van der Waals surface area contributed by atoms with Crippen molar-refractivity contribution in [1.82, 2.24) is 9.97 Å². The Labute approximate surface area is 111 Å². The summed E-state index contributed by atoms with van der Waals surface area (Å²) in [5.74, 6) is 1.49. The van der Waals surface area contributed by atoms with E-state index in [1.54, 1.807) is 11.3 Å². The van der Waals surface area contributed by atoms with Crippen molar-refractivity contribution in [3.8, 4) is 5.88 Å². The molecule has 1 N–H and O–H groups in total. The molecular weight excluding hydrogens is 246 g/mol. The molecule has 0 bridgehead atoms. The number of hydrogen-bond acceptors (Lipinski definition) is 5. The zero-order valence-corrected chi connectivity index (χ0v) is 11.7. The van der Waals surface area contributed by atoms with E-state index in [0.29, 0.717) is 12.5 Å². The summed E-state index contributed by atoms with van der Waals surface area (Å²) in [4.78, 5) is 9.70. The van der Waals surface area contributed by atoms with Gasteiger partial charge in [0.1, 0.15) is 12.1 Å². The van der Waals surface area contributed by atoms with Crippen molar-refractivity contribution in [3.63, 3.8) is 0 Å². The second-order valence-electron chi connectivity index (χ2n) is 3.97. The van der Waals surface area contributed by atoms with Gasteiger partial charge >= 0.3 is 0 Å². The lowest BCUT2D eigenvalue weighted by Gasteiger charge is -2.11. The minimum Gasteiger partial charge on any atom is -0.478 e. The van der Waals surface area contributed by atoms with E-state index in [1.807, 2.05) is 13.8 Å². The molecule has 0 radical (unpaired) electrons. The zero-order valence-electron chi connectivity index (χ0n) is 10.9. The summed E-state index contributed by atoms with van der Waals surface area (Å²) < 4.78 is 5.45. The van der Waals surface area contributed by atoms with Crippen LogP contribution in [-0.2, 0) is 6.54 Å². The van der Waals surface area contributed by atoms with Crippen LogP contribution in [0.2, 0.25) is 0 Å². The van der Waals surface area contributed by atoms with Crippen molar-refractivity contribution in [2.24, 2.45) is 0 Å². The molecule has 0 fully saturated rings. The van der Waals surface area contributed by atoms with E-state index in [9.17, 15) is 0 Å². The standard InChI is InChI=1S/C13H17N3OS/c1-4-17-13-10(3)12(15-8-16-13)14-7-11-9(2)5-6-18-11/h5-6,8H,4,7H2,1-3H3,(H,14,15,16). The molecule has 5 heteroatoms. The predicted molar refractivity (Wildman–Crippen MR) is 74.3 cm³/mol. The van der Waals surface area contributed by atoms with Crippen LogP contribution in [0.5, 0.6) is 5.88 Å². The summed E-state index contributed by atoms with van der Waals surface area (Å²) in [6, 6.07) is 2.13. The Balaban J connectivity index is 2.10. The Bertz CT molecular complexity index is 525. The molecule has 2 aromatic rings. The lowest BCUT2D eigenvalue weighted by molar-refractivity contribution is 0.324. The largest absolute Gasteiger partial charge is 0.478 e. The van der Waals surface area contributed by atoms with Gasteiger partial charge in [-0.05, 0) is 37.8 Å². The fraction of sp³-hybridized carbons (Fsp3) is 0.385. The third kappa shape index (κ3) is 2.79. The van der Waals surface area contributed by atoms with Crippen LogP contribution in [0.4, 0.5) is 5.82 Å². The first-order valence-corrected chi connectivity index (χ1v) is 6.81. The van der Waals surface area contributed by atoms with Gasteiger partial charge in [0.05, 0.1) is 18.7 Å². The maximum Gasteiger partial charge on any atom is 0.221 e. The van der Waals surface area contributed by atoms with Crippen LogP contribution in [0.15, 0.2) is 17.8 Å². The van der Waals surface area contributed by atoms with Crippen LogP contribution >= 0.6 is 11.3 Å². The third-order valence-corrected chi connectivity index (χ3v) is 3.73. The van der Waals surface area contributed by atoms with Gasteiger partial charge in [0.25, 0.3) is 0 Å². The number of thiophene rings is 1. The number of ether oxygens (including phenoxy) is 1. The molecule has 2 rings (SSSR count). The number of anilines is 1. The molecule has 0 amide bonds. The summed E-state index contributed by atoms with van der Waals surface area (Å²) in [7, 11) is 0. The summed E-state index contributed by atoms with van der Waals surface area (Å²) in [5, 5.41) is 5.44. The molecule has 4 nitrogen and oxygen atoms in total. The number of rotatable bonds is 5. The Morgan fingerprint density at radius 3 is 2.83 bits per heavy atom. The lowest BCUT2D eigenvalue weighted by atomic mass is 10.3. The predicted octanol–water partition coefficient (Wildman–Crippen LogP) is 3.17. The van der Waals surface area contributed by atoms with Gasteiger partial charge < -0.3 is 10.1 Å². The van der Waals surface area contributed by atoms with Gasteiger partial charge in [-0.2, -0.15) is 0 Å². The second kappa shape index (κ2) is 5.82. The number of nitrogens with zero attached hydrogens (tertiary/aromatic N) is 2. The summed E-state index contributed by atoms with van der Waals surface area (Å²) in [6.07, 6.45) is 1.53. The smallest absolute Gasteiger partial charge is 0.221 e. The van der Waals surface area contributed by atoms with Crippen LogP contribution in [0.3, 0.4) is 0 Å². The van der Waals surface area contributed by atoms with Crippen LogP contribution in [0.1, 0.15) is 22.9 Å². The van der Waals surface area contributed by atoms with Gasteiger partial charge in [0.15, 0.2) is 0 Å². The monoisotopic (exact) mass is 263 g/mol. The van der Waals surface area contributed by atoms with Gasteiger partial charge in [-0.3, -0.25) is 0 Å². The van der Waals surface area contributed by atoms with Gasteiger partial charge in [-0.1, -0.05) is 0 Å². The van der Waals surface area contributed by atoms with Crippen molar-refractivity contribution in [3.05, 3.63) is 33.8 Å². The number of aryl methyl sites for hydroxylation is 1. The molecule has 2 heterocycles. The van der Waals surface area contributed by atoms with Crippen LogP contribution in [0.25, 0.3) is 0 Å². The molecular formula is C13H17N3OS. The van der Waals surface area contributed by atoms with E-state index in [-0.39, 0.29) is 0 Å². The summed E-state index contributed by atoms with van der Waals surface area (Å²) in [6.45, 7) is 7.43. The van der Waals surface area contributed by atoms with Crippen LogP contribution in [0, 0.1) is 13.8 Å².